The smallest absolute Gasteiger partial charge is 0.224 e. The first-order valence-corrected chi connectivity index (χ1v) is 10.7. The van der Waals surface area contributed by atoms with Gasteiger partial charge in [-0.25, -0.2) is 16.8 Å². The maximum absolute atomic E-state index is 13.0. The van der Waals surface area contributed by atoms with Crippen LogP contribution in [0.4, 0.5) is 0 Å². The molecule has 0 N–H and O–H groups in total. The third-order valence-electron chi connectivity index (χ3n) is 4.08. The van der Waals surface area contributed by atoms with Gasteiger partial charge in [0.2, 0.25) is 10.0 Å². The second kappa shape index (κ2) is 5.94. The van der Waals surface area contributed by atoms with E-state index in [9.17, 15) is 16.8 Å². The average molecular weight is 345 g/mol. The molecule has 0 radical (unpaired) electrons. The molecule has 0 bridgehead atoms. The van der Waals surface area contributed by atoms with Crippen LogP contribution in [0.15, 0.2) is 34.1 Å². The monoisotopic (exact) mass is 345 g/mol. The van der Waals surface area contributed by atoms with Gasteiger partial charge in [-0.05, 0) is 43.9 Å². The van der Waals surface area contributed by atoms with Gasteiger partial charge in [0, 0.05) is 18.3 Å². The van der Waals surface area contributed by atoms with Crippen LogP contribution in [0.1, 0.15) is 33.6 Å². The summed E-state index contributed by atoms with van der Waals surface area (Å²) in [5, 5.41) is 0. The van der Waals surface area contributed by atoms with E-state index in [4.69, 9.17) is 0 Å². The molecule has 124 valence electrons. The van der Waals surface area contributed by atoms with Crippen molar-refractivity contribution in [3.05, 3.63) is 24.3 Å². The zero-order chi connectivity index (χ0) is 16.7. The molecule has 1 aromatic rings. The zero-order valence-electron chi connectivity index (χ0n) is 13.4. The molecule has 1 aliphatic carbocycles. The molecular weight excluding hydrogens is 322 g/mol. The van der Waals surface area contributed by atoms with Crippen molar-refractivity contribution in [2.24, 2.45) is 5.92 Å². The van der Waals surface area contributed by atoms with Crippen LogP contribution < -0.4 is 0 Å². The minimum atomic E-state index is -3.70. The van der Waals surface area contributed by atoms with Crippen LogP contribution in [-0.4, -0.2) is 39.5 Å². The van der Waals surface area contributed by atoms with E-state index in [1.54, 1.807) is 4.31 Å². The molecule has 1 fully saturated rings. The van der Waals surface area contributed by atoms with Crippen molar-refractivity contribution in [1.29, 1.82) is 0 Å². The Labute approximate surface area is 133 Å². The van der Waals surface area contributed by atoms with Crippen LogP contribution >= 0.6 is 0 Å². The molecule has 1 unspecified atom stereocenters. The Kier molecular flexibility index (Phi) is 4.71. The summed E-state index contributed by atoms with van der Waals surface area (Å²) in [5.41, 5.74) is 0. The normalized spacial score (nSPS) is 17.9. The summed E-state index contributed by atoms with van der Waals surface area (Å²) in [6.07, 6.45) is 2.80. The van der Waals surface area contributed by atoms with Crippen molar-refractivity contribution in [2.45, 2.75) is 55.5 Å². The number of sulfonamides is 1. The Morgan fingerprint density at radius 3 is 2.05 bits per heavy atom. The zero-order valence-corrected chi connectivity index (χ0v) is 15.0. The van der Waals surface area contributed by atoms with Gasteiger partial charge in [0.1, 0.15) is 0 Å². The lowest BCUT2D eigenvalue weighted by molar-refractivity contribution is 0.269. The molecule has 7 heteroatoms. The van der Waals surface area contributed by atoms with Crippen molar-refractivity contribution in [1.82, 2.24) is 4.31 Å². The quantitative estimate of drug-likeness (QED) is 0.793. The fourth-order valence-electron chi connectivity index (χ4n) is 2.36. The number of hydrogen-bond donors (Lipinski definition) is 0. The molecule has 0 heterocycles. The van der Waals surface area contributed by atoms with Crippen LogP contribution in [0, 0.1) is 5.92 Å². The number of benzene rings is 1. The van der Waals surface area contributed by atoms with Crippen LogP contribution in [0.2, 0.25) is 0 Å². The van der Waals surface area contributed by atoms with Gasteiger partial charge in [-0.3, -0.25) is 0 Å². The highest BCUT2D eigenvalue weighted by Crippen LogP contribution is 2.36. The van der Waals surface area contributed by atoms with Crippen LogP contribution in [0.25, 0.3) is 0 Å². The standard InChI is InChI=1S/C15H23NO4S2/c1-11(2)12(3)16(13-8-9-13)22(19,20)15-7-5-6-14(10-15)21(4,17)18/h5-7,10-13H,8-9H2,1-4H3. The second-order valence-corrected chi connectivity index (χ2v) is 10.2. The Balaban J connectivity index is 2.49. The first kappa shape index (κ1) is 17.4. The molecule has 0 aliphatic heterocycles. The lowest BCUT2D eigenvalue weighted by Gasteiger charge is -2.31. The molecule has 1 aliphatic rings. The molecule has 0 aromatic heterocycles. The number of sulfone groups is 1. The van der Waals surface area contributed by atoms with Gasteiger partial charge in [-0.1, -0.05) is 19.9 Å². The van der Waals surface area contributed by atoms with Gasteiger partial charge >= 0.3 is 0 Å². The van der Waals surface area contributed by atoms with Crippen molar-refractivity contribution in [3.63, 3.8) is 0 Å². The van der Waals surface area contributed by atoms with E-state index < -0.39 is 19.9 Å². The van der Waals surface area contributed by atoms with Crippen LogP contribution in [-0.2, 0) is 19.9 Å². The van der Waals surface area contributed by atoms with Crippen LogP contribution in [0.5, 0.6) is 0 Å². The van der Waals surface area contributed by atoms with E-state index in [0.29, 0.717) is 0 Å². The van der Waals surface area contributed by atoms with Crippen molar-refractivity contribution in [3.8, 4) is 0 Å². The molecule has 0 spiro atoms. The predicted molar refractivity (Wildman–Crippen MR) is 85.9 cm³/mol. The molecule has 2 rings (SSSR count). The number of rotatable bonds is 6. The summed E-state index contributed by atoms with van der Waals surface area (Å²) in [7, 11) is -7.13. The molecule has 0 amide bonds. The van der Waals surface area contributed by atoms with Crippen molar-refractivity contribution >= 4 is 19.9 Å². The maximum atomic E-state index is 13.0. The van der Waals surface area contributed by atoms with E-state index in [2.05, 4.69) is 0 Å². The summed E-state index contributed by atoms with van der Waals surface area (Å²) >= 11 is 0. The Hall–Kier alpha value is -0.920. The maximum Gasteiger partial charge on any atom is 0.243 e. The lowest BCUT2D eigenvalue weighted by atomic mass is 10.1. The molecule has 5 nitrogen and oxygen atoms in total. The van der Waals surface area contributed by atoms with Crippen molar-refractivity contribution in [2.75, 3.05) is 6.26 Å². The largest absolute Gasteiger partial charge is 0.243 e. The summed E-state index contributed by atoms with van der Waals surface area (Å²) in [6, 6.07) is 5.53. The van der Waals surface area contributed by atoms with E-state index >= 15 is 0 Å². The SMILES string of the molecule is CC(C)C(C)N(C1CC1)S(=O)(=O)c1cccc(S(C)(=O)=O)c1. The molecule has 0 saturated heterocycles. The van der Waals surface area contributed by atoms with Gasteiger partial charge in [-0.15, -0.1) is 0 Å². The Bertz CT molecular complexity index is 750. The number of nitrogens with zero attached hydrogens (tertiary/aromatic N) is 1. The van der Waals surface area contributed by atoms with Gasteiger partial charge in [0.25, 0.3) is 0 Å². The molecule has 1 saturated carbocycles. The van der Waals surface area contributed by atoms with E-state index in [1.807, 2.05) is 20.8 Å². The number of hydrogen-bond acceptors (Lipinski definition) is 4. The summed E-state index contributed by atoms with van der Waals surface area (Å²) in [6.45, 7) is 5.88. The minimum absolute atomic E-state index is 0.0292. The fraction of sp³-hybridized carbons (Fsp3) is 0.600. The average Bonchev–Trinajstić information content (AvgIpc) is 3.22. The summed E-state index contributed by atoms with van der Waals surface area (Å²) in [4.78, 5) is 0.0800. The molecule has 1 aromatic carbocycles. The topological polar surface area (TPSA) is 71.5 Å². The Morgan fingerprint density at radius 1 is 1.05 bits per heavy atom. The van der Waals surface area contributed by atoms with Gasteiger partial charge in [0.15, 0.2) is 9.84 Å². The van der Waals surface area contributed by atoms with E-state index in [1.165, 1.54) is 24.3 Å². The summed E-state index contributed by atoms with van der Waals surface area (Å²) in [5.74, 6) is 0.188. The van der Waals surface area contributed by atoms with Gasteiger partial charge < -0.3 is 0 Å². The predicted octanol–water partition coefficient (Wildman–Crippen LogP) is 2.29. The highest BCUT2D eigenvalue weighted by Gasteiger charge is 2.42. The third-order valence-corrected chi connectivity index (χ3v) is 7.23. The van der Waals surface area contributed by atoms with Gasteiger partial charge in [-0.2, -0.15) is 4.31 Å². The lowest BCUT2D eigenvalue weighted by Crippen LogP contribution is -2.43. The second-order valence-electron chi connectivity index (χ2n) is 6.30. The van der Waals surface area contributed by atoms with Crippen molar-refractivity contribution < 1.29 is 16.8 Å². The van der Waals surface area contributed by atoms with E-state index in [0.717, 1.165) is 19.1 Å². The fourth-order valence-corrected chi connectivity index (χ4v) is 5.15. The summed E-state index contributed by atoms with van der Waals surface area (Å²) < 4.78 is 50.8. The Morgan fingerprint density at radius 2 is 1.59 bits per heavy atom. The first-order chi connectivity index (χ1) is 10.0. The molecule has 22 heavy (non-hydrogen) atoms. The molecule has 1 atom stereocenters. The highest BCUT2D eigenvalue weighted by molar-refractivity contribution is 7.91. The highest BCUT2D eigenvalue weighted by atomic mass is 32.2. The van der Waals surface area contributed by atoms with Crippen LogP contribution in [0.3, 0.4) is 0 Å². The molecular formula is C15H23NO4S2. The van der Waals surface area contributed by atoms with E-state index in [-0.39, 0.29) is 27.8 Å². The third kappa shape index (κ3) is 3.52. The van der Waals surface area contributed by atoms with Gasteiger partial charge in [0.05, 0.1) is 9.79 Å². The minimum Gasteiger partial charge on any atom is -0.224 e. The first-order valence-electron chi connectivity index (χ1n) is 7.39.